The number of morpholine rings is 1. The molecule has 3 aromatic rings. The number of pyridine rings is 1. The van der Waals surface area contributed by atoms with Gasteiger partial charge in [0.1, 0.15) is 0 Å². The fraction of sp³-hybridized carbons (Fsp3) is 0.381. The van der Waals surface area contributed by atoms with E-state index in [4.69, 9.17) is 9.26 Å². The van der Waals surface area contributed by atoms with E-state index in [2.05, 4.69) is 46.0 Å². The Morgan fingerprint density at radius 1 is 1.11 bits per heavy atom. The molecule has 0 spiro atoms. The van der Waals surface area contributed by atoms with Crippen molar-refractivity contribution in [2.75, 3.05) is 26.3 Å². The number of nitrogens with zero attached hydrogens (tertiary/aromatic N) is 4. The smallest absolute Gasteiger partial charge is 0.237 e. The molecule has 0 aliphatic carbocycles. The first-order chi connectivity index (χ1) is 13.1. The van der Waals surface area contributed by atoms with Crippen molar-refractivity contribution in [3.05, 3.63) is 65.8 Å². The first-order valence-electron chi connectivity index (χ1n) is 9.27. The Kier molecular flexibility index (Phi) is 5.01. The van der Waals surface area contributed by atoms with Gasteiger partial charge < -0.3 is 9.26 Å². The third-order valence-electron chi connectivity index (χ3n) is 5.04. The molecular weight excluding hydrogens is 340 g/mol. The van der Waals surface area contributed by atoms with Crippen molar-refractivity contribution in [2.45, 2.75) is 25.8 Å². The molecule has 6 heteroatoms. The van der Waals surface area contributed by atoms with Crippen LogP contribution in [0.4, 0.5) is 0 Å². The van der Waals surface area contributed by atoms with Gasteiger partial charge in [-0.05, 0) is 37.1 Å². The summed E-state index contributed by atoms with van der Waals surface area (Å²) in [5, 5.41) is 4.23. The first-order valence-corrected chi connectivity index (χ1v) is 9.27. The van der Waals surface area contributed by atoms with Crippen LogP contribution in [0, 0.1) is 0 Å². The second-order valence-corrected chi connectivity index (χ2v) is 7.38. The number of benzene rings is 1. The highest BCUT2D eigenvalue weighted by atomic mass is 16.5. The van der Waals surface area contributed by atoms with E-state index in [9.17, 15) is 0 Å². The lowest BCUT2D eigenvalue weighted by atomic mass is 9.85. The van der Waals surface area contributed by atoms with E-state index in [0.717, 1.165) is 44.0 Å². The minimum atomic E-state index is -0.398. The Balaban J connectivity index is 1.55. The van der Waals surface area contributed by atoms with Gasteiger partial charge in [-0.1, -0.05) is 29.4 Å². The Labute approximate surface area is 159 Å². The van der Waals surface area contributed by atoms with Crippen LogP contribution in [0.2, 0.25) is 0 Å². The normalized spacial score (nSPS) is 15.8. The summed E-state index contributed by atoms with van der Waals surface area (Å²) >= 11 is 0. The predicted octanol–water partition coefficient (Wildman–Crippen LogP) is 3.29. The lowest BCUT2D eigenvalue weighted by Gasteiger charge is -2.26. The summed E-state index contributed by atoms with van der Waals surface area (Å²) < 4.78 is 11.0. The lowest BCUT2D eigenvalue weighted by Crippen LogP contribution is -2.35. The molecule has 0 radical (unpaired) electrons. The molecule has 3 heterocycles. The average Bonchev–Trinajstić information content (AvgIpc) is 3.21. The van der Waals surface area contributed by atoms with Crippen molar-refractivity contribution in [1.82, 2.24) is 20.0 Å². The summed E-state index contributed by atoms with van der Waals surface area (Å²) in [6, 6.07) is 12.3. The molecule has 2 aromatic heterocycles. The summed E-state index contributed by atoms with van der Waals surface area (Å²) in [5.74, 6) is 1.20. The van der Waals surface area contributed by atoms with E-state index in [0.29, 0.717) is 11.7 Å². The predicted molar refractivity (Wildman–Crippen MR) is 102 cm³/mol. The minimum Gasteiger partial charge on any atom is -0.379 e. The van der Waals surface area contributed by atoms with Crippen LogP contribution in [0.5, 0.6) is 0 Å². The largest absolute Gasteiger partial charge is 0.379 e. The zero-order valence-corrected chi connectivity index (χ0v) is 15.8. The molecule has 1 aliphatic rings. The van der Waals surface area contributed by atoms with Crippen molar-refractivity contribution >= 4 is 0 Å². The number of ether oxygens (including phenoxy) is 1. The van der Waals surface area contributed by atoms with Gasteiger partial charge in [-0.15, -0.1) is 0 Å². The van der Waals surface area contributed by atoms with Crippen LogP contribution < -0.4 is 0 Å². The average molecular weight is 364 g/mol. The Hall–Kier alpha value is -2.57. The van der Waals surface area contributed by atoms with Crippen LogP contribution in [0.3, 0.4) is 0 Å². The van der Waals surface area contributed by atoms with Gasteiger partial charge >= 0.3 is 0 Å². The van der Waals surface area contributed by atoms with Crippen LogP contribution in [-0.2, 0) is 16.7 Å². The zero-order chi connectivity index (χ0) is 18.7. The number of hydrogen-bond donors (Lipinski definition) is 0. The van der Waals surface area contributed by atoms with Gasteiger partial charge in [0.05, 0.1) is 18.6 Å². The first kappa shape index (κ1) is 17.8. The van der Waals surface area contributed by atoms with Gasteiger partial charge in [-0.3, -0.25) is 9.88 Å². The molecule has 0 atom stereocenters. The molecule has 1 aromatic carbocycles. The maximum Gasteiger partial charge on any atom is 0.237 e. The summed E-state index contributed by atoms with van der Waals surface area (Å²) in [4.78, 5) is 11.3. The molecule has 1 aliphatic heterocycles. The van der Waals surface area contributed by atoms with Crippen molar-refractivity contribution in [3.8, 4) is 11.4 Å². The number of aromatic nitrogens is 3. The van der Waals surface area contributed by atoms with Crippen LogP contribution in [0.15, 0.2) is 53.3 Å². The maximum atomic E-state index is 5.61. The molecule has 0 unspecified atom stereocenters. The van der Waals surface area contributed by atoms with Gasteiger partial charge in [0.25, 0.3) is 0 Å². The third kappa shape index (κ3) is 3.91. The SMILES string of the molecule is CC(C)(c1cccnc1)c1nc(-c2cccc(CN3CCOCC3)c2)no1. The highest BCUT2D eigenvalue weighted by Gasteiger charge is 2.30. The van der Waals surface area contributed by atoms with E-state index in [-0.39, 0.29) is 0 Å². The molecular formula is C21H24N4O2. The molecule has 1 fully saturated rings. The maximum absolute atomic E-state index is 5.61. The molecule has 140 valence electrons. The van der Waals surface area contributed by atoms with Gasteiger partial charge in [0.15, 0.2) is 0 Å². The Bertz CT molecular complexity index is 886. The third-order valence-corrected chi connectivity index (χ3v) is 5.04. The van der Waals surface area contributed by atoms with E-state index < -0.39 is 5.41 Å². The van der Waals surface area contributed by atoms with Crippen LogP contribution in [0.25, 0.3) is 11.4 Å². The van der Waals surface area contributed by atoms with Gasteiger partial charge in [-0.2, -0.15) is 4.98 Å². The summed E-state index contributed by atoms with van der Waals surface area (Å²) in [5.41, 5.74) is 2.86. The van der Waals surface area contributed by atoms with E-state index in [1.165, 1.54) is 5.56 Å². The van der Waals surface area contributed by atoms with Crippen molar-refractivity contribution < 1.29 is 9.26 Å². The van der Waals surface area contributed by atoms with E-state index in [1.807, 2.05) is 30.5 Å². The molecule has 0 amide bonds. The topological polar surface area (TPSA) is 64.3 Å². The molecule has 0 bridgehead atoms. The van der Waals surface area contributed by atoms with Crippen molar-refractivity contribution in [1.29, 1.82) is 0 Å². The van der Waals surface area contributed by atoms with Crippen LogP contribution in [-0.4, -0.2) is 46.3 Å². The van der Waals surface area contributed by atoms with Gasteiger partial charge in [-0.25, -0.2) is 0 Å². The monoisotopic (exact) mass is 364 g/mol. The Morgan fingerprint density at radius 2 is 1.96 bits per heavy atom. The summed E-state index contributed by atoms with van der Waals surface area (Å²) in [6.45, 7) is 8.58. The van der Waals surface area contributed by atoms with E-state index in [1.54, 1.807) is 6.20 Å². The highest BCUT2D eigenvalue weighted by Crippen LogP contribution is 2.31. The molecule has 27 heavy (non-hydrogen) atoms. The number of hydrogen-bond acceptors (Lipinski definition) is 6. The van der Waals surface area contributed by atoms with Crippen molar-refractivity contribution in [3.63, 3.8) is 0 Å². The molecule has 0 N–H and O–H groups in total. The Morgan fingerprint density at radius 3 is 2.74 bits per heavy atom. The minimum absolute atomic E-state index is 0.398. The molecule has 6 nitrogen and oxygen atoms in total. The quantitative estimate of drug-likeness (QED) is 0.692. The second-order valence-electron chi connectivity index (χ2n) is 7.38. The molecule has 1 saturated heterocycles. The van der Waals surface area contributed by atoms with Crippen LogP contribution in [0.1, 0.15) is 30.9 Å². The molecule has 0 saturated carbocycles. The van der Waals surface area contributed by atoms with Crippen molar-refractivity contribution in [2.24, 2.45) is 0 Å². The fourth-order valence-electron chi connectivity index (χ4n) is 3.28. The van der Waals surface area contributed by atoms with E-state index >= 15 is 0 Å². The zero-order valence-electron chi connectivity index (χ0n) is 15.8. The summed E-state index contributed by atoms with van der Waals surface area (Å²) in [7, 11) is 0. The second kappa shape index (κ2) is 7.58. The standard InChI is InChI=1S/C21H24N4O2/c1-21(2,18-7-4-8-22-14-18)20-23-19(24-27-20)17-6-3-5-16(13-17)15-25-9-11-26-12-10-25/h3-8,13-14H,9-12,15H2,1-2H3. The fourth-order valence-corrected chi connectivity index (χ4v) is 3.28. The van der Waals surface area contributed by atoms with Crippen LogP contribution >= 0.6 is 0 Å². The van der Waals surface area contributed by atoms with Gasteiger partial charge in [0.2, 0.25) is 11.7 Å². The lowest BCUT2D eigenvalue weighted by molar-refractivity contribution is 0.0342. The highest BCUT2D eigenvalue weighted by molar-refractivity contribution is 5.55. The molecule has 4 rings (SSSR count). The summed E-state index contributed by atoms with van der Waals surface area (Å²) in [6.07, 6.45) is 3.60. The number of rotatable bonds is 5. The van der Waals surface area contributed by atoms with Gasteiger partial charge in [0, 0.05) is 37.6 Å².